The molecule has 3 atom stereocenters. The van der Waals surface area contributed by atoms with Crippen LogP contribution in [0.15, 0.2) is 35.3 Å². The Bertz CT molecular complexity index is 632. The van der Waals surface area contributed by atoms with Crippen LogP contribution in [0.2, 0.25) is 0 Å². The minimum Gasteiger partial charge on any atom is -0.356 e. The van der Waals surface area contributed by atoms with Gasteiger partial charge in [-0.15, -0.1) is 24.0 Å². The molecule has 2 aliphatic heterocycles. The van der Waals surface area contributed by atoms with Gasteiger partial charge in [0.25, 0.3) is 0 Å². The molecule has 3 rings (SSSR count). The van der Waals surface area contributed by atoms with E-state index in [1.165, 1.54) is 31.7 Å². The van der Waals surface area contributed by atoms with E-state index < -0.39 is 0 Å². The smallest absolute Gasteiger partial charge is 0.191 e. The van der Waals surface area contributed by atoms with E-state index in [0.29, 0.717) is 18.0 Å². The predicted molar refractivity (Wildman–Crippen MR) is 138 cm³/mol. The van der Waals surface area contributed by atoms with Gasteiger partial charge in [-0.3, -0.25) is 9.89 Å². The number of piperazine rings is 1. The van der Waals surface area contributed by atoms with Crippen LogP contribution in [0.3, 0.4) is 0 Å². The van der Waals surface area contributed by atoms with E-state index in [1.807, 2.05) is 7.05 Å². The van der Waals surface area contributed by atoms with Gasteiger partial charge in [0, 0.05) is 71.5 Å². The molecule has 3 unspecified atom stereocenters. The Balaban J connectivity index is 0.00000320. The molecule has 2 heterocycles. The van der Waals surface area contributed by atoms with Crippen LogP contribution in [0.25, 0.3) is 0 Å². The molecule has 0 saturated carbocycles. The van der Waals surface area contributed by atoms with Gasteiger partial charge < -0.3 is 20.4 Å². The second kappa shape index (κ2) is 12.8. The van der Waals surface area contributed by atoms with Gasteiger partial charge in [-0.25, -0.2) is 0 Å². The van der Waals surface area contributed by atoms with Crippen LogP contribution in [-0.4, -0.2) is 92.7 Å². The molecule has 0 radical (unpaired) electrons. The molecule has 6 nitrogen and oxygen atoms in total. The summed E-state index contributed by atoms with van der Waals surface area (Å²) in [7, 11) is 4.09. The van der Waals surface area contributed by atoms with Crippen molar-refractivity contribution in [3.8, 4) is 0 Å². The Morgan fingerprint density at radius 2 is 1.87 bits per heavy atom. The van der Waals surface area contributed by atoms with Crippen LogP contribution in [0.4, 0.5) is 0 Å². The maximum atomic E-state index is 4.47. The molecule has 0 aliphatic carbocycles. The van der Waals surface area contributed by atoms with E-state index in [9.17, 15) is 0 Å². The summed E-state index contributed by atoms with van der Waals surface area (Å²) in [5, 5.41) is 7.21. The molecule has 7 heteroatoms. The van der Waals surface area contributed by atoms with Crippen molar-refractivity contribution in [3.05, 3.63) is 35.9 Å². The summed E-state index contributed by atoms with van der Waals surface area (Å²) >= 11 is 0. The van der Waals surface area contributed by atoms with Crippen molar-refractivity contribution in [1.29, 1.82) is 0 Å². The van der Waals surface area contributed by atoms with Crippen LogP contribution in [0.1, 0.15) is 25.8 Å². The number of guanidine groups is 1. The van der Waals surface area contributed by atoms with E-state index in [1.54, 1.807) is 0 Å². The zero-order valence-electron chi connectivity index (χ0n) is 19.2. The zero-order chi connectivity index (χ0) is 20.6. The van der Waals surface area contributed by atoms with Crippen molar-refractivity contribution >= 4 is 29.9 Å². The first-order valence-electron chi connectivity index (χ1n) is 11.2. The Hall–Kier alpha value is -0.900. The number of hydrogen-bond donors (Lipinski definition) is 2. The van der Waals surface area contributed by atoms with E-state index in [4.69, 9.17) is 0 Å². The molecule has 1 aromatic carbocycles. The molecular weight excluding hydrogens is 487 g/mol. The minimum atomic E-state index is 0. The van der Waals surface area contributed by atoms with Gasteiger partial charge >= 0.3 is 0 Å². The molecule has 2 saturated heterocycles. The highest BCUT2D eigenvalue weighted by Gasteiger charge is 2.29. The summed E-state index contributed by atoms with van der Waals surface area (Å²) in [5.41, 5.74) is 1.39. The van der Waals surface area contributed by atoms with E-state index in [-0.39, 0.29) is 24.0 Å². The van der Waals surface area contributed by atoms with E-state index in [0.717, 1.165) is 38.6 Å². The van der Waals surface area contributed by atoms with Gasteiger partial charge in [-0.2, -0.15) is 0 Å². The Morgan fingerprint density at radius 1 is 1.17 bits per heavy atom. The molecular formula is C23H41IN6. The third-order valence-electron chi connectivity index (χ3n) is 6.28. The monoisotopic (exact) mass is 528 g/mol. The SMILES string of the molecule is CN=C(NCC(C)CN1CCN(C)CC1)NC1CC(C)N(Cc2ccccc2)C1.I. The summed E-state index contributed by atoms with van der Waals surface area (Å²) in [5.74, 6) is 1.54. The van der Waals surface area contributed by atoms with Gasteiger partial charge in [0.15, 0.2) is 5.96 Å². The molecule has 30 heavy (non-hydrogen) atoms. The van der Waals surface area contributed by atoms with Gasteiger partial charge in [-0.05, 0) is 31.9 Å². The molecule has 0 spiro atoms. The molecule has 1 aromatic rings. The van der Waals surface area contributed by atoms with Crippen LogP contribution < -0.4 is 10.6 Å². The fraction of sp³-hybridized carbons (Fsp3) is 0.696. The number of nitrogens with zero attached hydrogens (tertiary/aromatic N) is 4. The summed E-state index contributed by atoms with van der Waals surface area (Å²) in [6, 6.07) is 11.8. The Kier molecular flexibility index (Phi) is 10.8. The lowest BCUT2D eigenvalue weighted by molar-refractivity contribution is 0.139. The predicted octanol–water partition coefficient (Wildman–Crippen LogP) is 2.32. The quantitative estimate of drug-likeness (QED) is 0.323. The van der Waals surface area contributed by atoms with Crippen molar-refractivity contribution in [2.24, 2.45) is 10.9 Å². The number of likely N-dealkylation sites (tertiary alicyclic amines) is 1. The summed E-state index contributed by atoms with van der Waals surface area (Å²) in [6.45, 7) is 13.6. The lowest BCUT2D eigenvalue weighted by Gasteiger charge is -2.34. The fourth-order valence-corrected chi connectivity index (χ4v) is 4.44. The fourth-order valence-electron chi connectivity index (χ4n) is 4.44. The van der Waals surface area contributed by atoms with Crippen LogP contribution in [0, 0.1) is 5.92 Å². The van der Waals surface area contributed by atoms with Crippen molar-refractivity contribution < 1.29 is 0 Å². The number of likely N-dealkylation sites (N-methyl/N-ethyl adjacent to an activating group) is 1. The first-order chi connectivity index (χ1) is 14.0. The number of aliphatic imine (C=N–C) groups is 1. The van der Waals surface area contributed by atoms with Gasteiger partial charge in [0.2, 0.25) is 0 Å². The maximum Gasteiger partial charge on any atom is 0.191 e. The number of hydrogen-bond acceptors (Lipinski definition) is 4. The highest BCUT2D eigenvalue weighted by atomic mass is 127. The minimum absolute atomic E-state index is 0. The summed E-state index contributed by atoms with van der Waals surface area (Å²) < 4.78 is 0. The zero-order valence-corrected chi connectivity index (χ0v) is 21.5. The Morgan fingerprint density at radius 3 is 2.53 bits per heavy atom. The number of benzene rings is 1. The molecule has 2 fully saturated rings. The van der Waals surface area contributed by atoms with Gasteiger partial charge in [-0.1, -0.05) is 37.3 Å². The first kappa shape index (κ1) is 25.4. The molecule has 170 valence electrons. The third kappa shape index (κ3) is 7.98. The number of halogens is 1. The lowest BCUT2D eigenvalue weighted by Crippen LogP contribution is -2.48. The highest BCUT2D eigenvalue weighted by molar-refractivity contribution is 14.0. The second-order valence-electron chi connectivity index (χ2n) is 9.00. The average molecular weight is 529 g/mol. The highest BCUT2D eigenvalue weighted by Crippen LogP contribution is 2.20. The standard InChI is InChI=1S/C23H40N6.HI/c1-19(16-28-12-10-27(4)11-13-28)15-25-23(24-3)26-22-14-20(2)29(18-22)17-21-8-6-5-7-9-21;/h5-9,19-20,22H,10-18H2,1-4H3,(H2,24,25,26);1H. The average Bonchev–Trinajstić information content (AvgIpc) is 3.06. The van der Waals surface area contributed by atoms with Crippen LogP contribution in [0.5, 0.6) is 0 Å². The molecule has 0 aromatic heterocycles. The van der Waals surface area contributed by atoms with Crippen LogP contribution in [-0.2, 0) is 6.54 Å². The maximum absolute atomic E-state index is 4.47. The topological polar surface area (TPSA) is 46.1 Å². The van der Waals surface area contributed by atoms with Crippen LogP contribution >= 0.6 is 24.0 Å². The molecule has 0 bridgehead atoms. The first-order valence-corrected chi connectivity index (χ1v) is 11.2. The number of rotatable bonds is 7. The third-order valence-corrected chi connectivity index (χ3v) is 6.28. The lowest BCUT2D eigenvalue weighted by atomic mass is 10.1. The van der Waals surface area contributed by atoms with Gasteiger partial charge in [0.05, 0.1) is 0 Å². The van der Waals surface area contributed by atoms with Gasteiger partial charge in [0.1, 0.15) is 0 Å². The Labute approximate surface area is 200 Å². The van der Waals surface area contributed by atoms with Crippen molar-refractivity contribution in [1.82, 2.24) is 25.3 Å². The van der Waals surface area contributed by atoms with Crippen molar-refractivity contribution in [2.45, 2.75) is 38.9 Å². The molecule has 2 N–H and O–H groups in total. The van der Waals surface area contributed by atoms with Crippen molar-refractivity contribution in [3.63, 3.8) is 0 Å². The largest absolute Gasteiger partial charge is 0.356 e. The van der Waals surface area contributed by atoms with Crippen molar-refractivity contribution in [2.75, 3.05) is 59.9 Å². The van der Waals surface area contributed by atoms with E-state index >= 15 is 0 Å². The number of nitrogens with one attached hydrogen (secondary N) is 2. The second-order valence-corrected chi connectivity index (χ2v) is 9.00. The molecule has 2 aliphatic rings. The van der Waals surface area contributed by atoms with E-state index in [2.05, 4.69) is 81.6 Å². The molecule has 0 amide bonds. The summed E-state index contributed by atoms with van der Waals surface area (Å²) in [4.78, 5) is 12.0. The normalized spacial score (nSPS) is 25.0. The summed E-state index contributed by atoms with van der Waals surface area (Å²) in [6.07, 6.45) is 1.16.